The van der Waals surface area contributed by atoms with Crippen molar-refractivity contribution < 1.29 is 28.9 Å². The molecule has 5 rings (SSSR count). The van der Waals surface area contributed by atoms with Crippen molar-refractivity contribution >= 4 is 35.1 Å². The molecule has 0 bridgehead atoms. The first-order chi connectivity index (χ1) is 23.5. The van der Waals surface area contributed by atoms with Gasteiger partial charge in [0.25, 0.3) is 0 Å². The molecule has 4 aliphatic rings. The highest BCUT2D eigenvalue weighted by Crippen LogP contribution is 2.68. The lowest BCUT2D eigenvalue weighted by molar-refractivity contribution is -0.181. The van der Waals surface area contributed by atoms with Gasteiger partial charge in [-0.15, -0.1) is 23.2 Å². The first kappa shape index (κ1) is 38.7. The van der Waals surface area contributed by atoms with Gasteiger partial charge in [-0.2, -0.15) is 0 Å². The van der Waals surface area contributed by atoms with Crippen molar-refractivity contribution in [1.82, 2.24) is 4.90 Å². The number of methoxy groups -OCH3 is 1. The van der Waals surface area contributed by atoms with Crippen LogP contribution >= 0.6 is 23.2 Å². The maximum Gasteiger partial charge on any atom is 0.306 e. The maximum absolute atomic E-state index is 12.8. The highest BCUT2D eigenvalue weighted by Gasteiger charge is 2.63. The van der Waals surface area contributed by atoms with Crippen LogP contribution in [0.15, 0.2) is 24.3 Å². The van der Waals surface area contributed by atoms with Crippen LogP contribution in [0.25, 0.3) is 0 Å². The van der Waals surface area contributed by atoms with Crippen molar-refractivity contribution in [3.8, 4) is 5.75 Å². The number of ether oxygens (including phenoxy) is 3. The van der Waals surface area contributed by atoms with Gasteiger partial charge in [-0.3, -0.25) is 9.59 Å². The molecule has 276 valence electrons. The lowest BCUT2D eigenvalue weighted by Crippen LogP contribution is -2.59. The molecule has 1 aromatic rings. The summed E-state index contributed by atoms with van der Waals surface area (Å²) >= 11 is 11.8. The highest BCUT2D eigenvalue weighted by atomic mass is 35.5. The van der Waals surface area contributed by atoms with E-state index in [1.54, 1.807) is 7.11 Å². The van der Waals surface area contributed by atoms with E-state index in [9.17, 15) is 14.7 Å². The average molecular weight is 723 g/mol. The van der Waals surface area contributed by atoms with Crippen molar-refractivity contribution in [1.29, 1.82) is 0 Å². The Bertz CT molecular complexity index is 1230. The number of benzene rings is 1. The van der Waals surface area contributed by atoms with Crippen LogP contribution in [-0.4, -0.2) is 72.7 Å². The number of aliphatic hydroxyl groups excluding tert-OH is 1. The summed E-state index contributed by atoms with van der Waals surface area (Å²) in [5.74, 6) is 4.59. The number of halogens is 2. The zero-order chi connectivity index (χ0) is 35.2. The third-order valence-corrected chi connectivity index (χ3v) is 14.1. The van der Waals surface area contributed by atoms with Crippen LogP contribution in [0, 0.1) is 46.3 Å². The predicted octanol–water partition coefficient (Wildman–Crippen LogP) is 8.26. The van der Waals surface area contributed by atoms with E-state index in [-0.39, 0.29) is 41.6 Å². The first-order valence-corrected chi connectivity index (χ1v) is 20.1. The standard InChI is InChI=1S/C40H61Cl2NO6/c1-27(7-16-37(45)48-26-28-8-11-30(47-4)12-9-28)33-14-15-34-32-13-10-29-24-31(49-38(46)6-5-21-43(22-19-41)23-20-42)17-18-39(29,2)35(32)25-36(44)40(33,34)3/h8-9,11-12,27,29,31-36,44H,5-7,10,13-26H2,1-4H3/t27-,29-,31-,32+,33-,34+,35+,36+,39+,40-/m1/s1. The Labute approximate surface area is 305 Å². The summed E-state index contributed by atoms with van der Waals surface area (Å²) in [6, 6.07) is 7.60. The molecule has 10 atom stereocenters. The molecule has 0 radical (unpaired) electrons. The predicted molar refractivity (Wildman–Crippen MR) is 195 cm³/mol. The molecule has 0 amide bonds. The summed E-state index contributed by atoms with van der Waals surface area (Å²) in [5, 5.41) is 12.0. The number of fused-ring (bicyclic) bond motifs is 5. The Balaban J connectivity index is 1.11. The summed E-state index contributed by atoms with van der Waals surface area (Å²) in [4.78, 5) is 27.7. The number of hydrogen-bond acceptors (Lipinski definition) is 7. The van der Waals surface area contributed by atoms with Crippen molar-refractivity contribution in [2.45, 2.75) is 117 Å². The molecule has 0 aliphatic heterocycles. The van der Waals surface area contributed by atoms with Crippen molar-refractivity contribution in [3.63, 3.8) is 0 Å². The fraction of sp³-hybridized carbons (Fsp3) is 0.800. The molecule has 0 aromatic heterocycles. The number of alkyl halides is 2. The number of aliphatic hydroxyl groups is 1. The number of esters is 2. The number of nitrogens with zero attached hydrogens (tertiary/aromatic N) is 1. The molecule has 1 N–H and O–H groups in total. The van der Waals surface area contributed by atoms with Crippen LogP contribution < -0.4 is 4.74 Å². The molecule has 7 nitrogen and oxygen atoms in total. The molecule has 0 unspecified atom stereocenters. The second kappa shape index (κ2) is 17.3. The maximum atomic E-state index is 12.8. The van der Waals surface area contributed by atoms with E-state index in [0.29, 0.717) is 60.1 Å². The van der Waals surface area contributed by atoms with Gasteiger partial charge < -0.3 is 24.2 Å². The van der Waals surface area contributed by atoms with Crippen LogP contribution in [0.1, 0.15) is 103 Å². The van der Waals surface area contributed by atoms with Gasteiger partial charge in [0.1, 0.15) is 18.5 Å². The van der Waals surface area contributed by atoms with E-state index in [2.05, 4.69) is 25.7 Å². The number of carbonyl (C=O) groups excluding carboxylic acids is 2. The summed E-state index contributed by atoms with van der Waals surface area (Å²) in [6.07, 6.45) is 10.5. The second-order valence-electron chi connectivity index (χ2n) is 16.2. The van der Waals surface area contributed by atoms with Crippen molar-refractivity contribution in [2.75, 3.05) is 38.5 Å². The average Bonchev–Trinajstić information content (AvgIpc) is 3.46. The van der Waals surface area contributed by atoms with Gasteiger partial charge in [-0.05, 0) is 135 Å². The Morgan fingerprint density at radius 2 is 1.67 bits per heavy atom. The minimum absolute atomic E-state index is 0.00213. The Morgan fingerprint density at radius 3 is 2.37 bits per heavy atom. The molecule has 4 fully saturated rings. The molecular formula is C40H61Cl2NO6. The van der Waals surface area contributed by atoms with Crippen LogP contribution in [-0.2, 0) is 25.7 Å². The van der Waals surface area contributed by atoms with Gasteiger partial charge in [0, 0.05) is 37.7 Å². The summed E-state index contributed by atoms with van der Waals surface area (Å²) in [7, 11) is 1.64. The number of rotatable bonds is 16. The number of hydrogen-bond donors (Lipinski definition) is 1. The first-order valence-electron chi connectivity index (χ1n) is 19.0. The van der Waals surface area contributed by atoms with Crippen LogP contribution in [0.5, 0.6) is 5.75 Å². The molecule has 0 heterocycles. The zero-order valence-electron chi connectivity index (χ0n) is 30.3. The smallest absolute Gasteiger partial charge is 0.306 e. The van der Waals surface area contributed by atoms with Crippen LogP contribution in [0.4, 0.5) is 0 Å². The van der Waals surface area contributed by atoms with E-state index >= 15 is 0 Å². The van der Waals surface area contributed by atoms with Gasteiger partial charge in [-0.1, -0.05) is 32.9 Å². The minimum atomic E-state index is -0.334. The molecular weight excluding hydrogens is 661 g/mol. The van der Waals surface area contributed by atoms with Gasteiger partial charge >= 0.3 is 11.9 Å². The molecule has 4 aliphatic carbocycles. The molecule has 9 heteroatoms. The second-order valence-corrected chi connectivity index (χ2v) is 16.9. The molecule has 0 spiro atoms. The Hall–Kier alpha value is -1.54. The largest absolute Gasteiger partial charge is 0.497 e. The topological polar surface area (TPSA) is 85.3 Å². The van der Waals surface area contributed by atoms with Gasteiger partial charge in [-0.25, -0.2) is 0 Å². The lowest BCUT2D eigenvalue weighted by Gasteiger charge is -2.62. The third kappa shape index (κ3) is 8.75. The van der Waals surface area contributed by atoms with Gasteiger partial charge in [0.05, 0.1) is 13.2 Å². The van der Waals surface area contributed by atoms with Gasteiger partial charge in [0.2, 0.25) is 0 Å². The third-order valence-electron chi connectivity index (χ3n) is 13.8. The highest BCUT2D eigenvalue weighted by molar-refractivity contribution is 6.18. The van der Waals surface area contributed by atoms with Crippen molar-refractivity contribution in [2.24, 2.45) is 46.3 Å². The van der Waals surface area contributed by atoms with Crippen molar-refractivity contribution in [3.05, 3.63) is 29.8 Å². The summed E-state index contributed by atoms with van der Waals surface area (Å²) in [6.45, 7) is 9.78. The fourth-order valence-corrected chi connectivity index (χ4v) is 11.5. The minimum Gasteiger partial charge on any atom is -0.497 e. The number of carbonyl (C=O) groups is 2. The lowest BCUT2D eigenvalue weighted by atomic mass is 9.43. The van der Waals surface area contributed by atoms with Crippen LogP contribution in [0.3, 0.4) is 0 Å². The van der Waals surface area contributed by atoms with E-state index in [0.717, 1.165) is 75.9 Å². The Kier molecular flexibility index (Phi) is 13.7. The molecule has 4 saturated carbocycles. The SMILES string of the molecule is COc1ccc(COC(=O)CC[C@@H](C)[C@H]2CC[C@H]3[C@@H]4CC[C@@H]5C[C@H](OC(=O)CCCN(CCCl)CCCl)CC[C@]5(C)[C@H]4C[C@H](O)[C@]23C)cc1. The summed E-state index contributed by atoms with van der Waals surface area (Å²) < 4.78 is 16.9. The normalized spacial score (nSPS) is 34.4. The molecule has 49 heavy (non-hydrogen) atoms. The van der Waals surface area contributed by atoms with E-state index < -0.39 is 0 Å². The van der Waals surface area contributed by atoms with Gasteiger partial charge in [0.15, 0.2) is 0 Å². The quantitative estimate of drug-likeness (QED) is 0.136. The van der Waals surface area contributed by atoms with E-state index in [1.165, 1.54) is 19.3 Å². The summed E-state index contributed by atoms with van der Waals surface area (Å²) in [5.41, 5.74) is 1.01. The molecule has 0 saturated heterocycles. The fourth-order valence-electron chi connectivity index (χ4n) is 11.0. The zero-order valence-corrected chi connectivity index (χ0v) is 31.9. The molecule has 1 aromatic carbocycles. The Morgan fingerprint density at radius 1 is 0.939 bits per heavy atom. The van der Waals surface area contributed by atoms with E-state index in [1.807, 2.05) is 24.3 Å². The van der Waals surface area contributed by atoms with Crippen LogP contribution in [0.2, 0.25) is 0 Å². The van der Waals surface area contributed by atoms with E-state index in [4.69, 9.17) is 37.4 Å². The monoisotopic (exact) mass is 721 g/mol.